The Kier molecular flexibility index (Phi) is 8.87. The molecular weight excluding hydrogens is 392 g/mol. The van der Waals surface area contributed by atoms with Crippen LogP contribution in [0, 0.1) is 6.92 Å². The summed E-state index contributed by atoms with van der Waals surface area (Å²) in [4.78, 5) is 28.1. The molecule has 0 aromatic heterocycles. The summed E-state index contributed by atoms with van der Waals surface area (Å²) in [6.45, 7) is 6.77. The van der Waals surface area contributed by atoms with Gasteiger partial charge in [0.1, 0.15) is 6.04 Å². The van der Waals surface area contributed by atoms with Crippen LogP contribution in [0.1, 0.15) is 31.4 Å². The molecule has 0 aliphatic carbocycles. The van der Waals surface area contributed by atoms with Gasteiger partial charge in [-0.25, -0.2) is 0 Å². The van der Waals surface area contributed by atoms with Crippen molar-refractivity contribution in [2.75, 3.05) is 12.3 Å². The van der Waals surface area contributed by atoms with E-state index in [9.17, 15) is 9.59 Å². The smallest absolute Gasteiger partial charge is 0.242 e. The van der Waals surface area contributed by atoms with Gasteiger partial charge in [-0.1, -0.05) is 48.4 Å². The van der Waals surface area contributed by atoms with Crippen molar-refractivity contribution < 1.29 is 9.59 Å². The van der Waals surface area contributed by atoms with Crippen molar-refractivity contribution in [2.24, 2.45) is 0 Å². The van der Waals surface area contributed by atoms with E-state index < -0.39 is 6.04 Å². The molecule has 0 spiro atoms. The van der Waals surface area contributed by atoms with E-state index in [4.69, 9.17) is 11.6 Å². The number of rotatable bonds is 9. The molecule has 0 saturated heterocycles. The fourth-order valence-electron chi connectivity index (χ4n) is 2.63. The van der Waals surface area contributed by atoms with Crippen molar-refractivity contribution in [1.29, 1.82) is 0 Å². The van der Waals surface area contributed by atoms with Gasteiger partial charge in [-0.3, -0.25) is 9.59 Å². The summed E-state index contributed by atoms with van der Waals surface area (Å²) < 4.78 is 0. The number of benzene rings is 2. The quantitative estimate of drug-likeness (QED) is 0.601. The predicted molar refractivity (Wildman–Crippen MR) is 117 cm³/mol. The Morgan fingerprint density at radius 2 is 1.75 bits per heavy atom. The normalized spacial score (nSPS) is 11.7. The molecule has 0 radical (unpaired) electrons. The summed E-state index contributed by atoms with van der Waals surface area (Å²) in [5.41, 5.74) is 2.12. The summed E-state index contributed by atoms with van der Waals surface area (Å²) in [6, 6.07) is 14.9. The van der Waals surface area contributed by atoms with E-state index in [1.54, 1.807) is 24.0 Å². The lowest BCUT2D eigenvalue weighted by molar-refractivity contribution is -0.138. The lowest BCUT2D eigenvalue weighted by Crippen LogP contribution is -2.48. The summed E-state index contributed by atoms with van der Waals surface area (Å²) in [6.07, 6.45) is 0.854. The summed E-state index contributed by atoms with van der Waals surface area (Å²) in [5.74, 6) is 0.0753. The van der Waals surface area contributed by atoms with Gasteiger partial charge < -0.3 is 10.2 Å². The highest BCUT2D eigenvalue weighted by Gasteiger charge is 2.25. The van der Waals surface area contributed by atoms with Gasteiger partial charge in [0.25, 0.3) is 0 Å². The number of carbonyl (C=O) groups is 2. The van der Waals surface area contributed by atoms with Gasteiger partial charge in [0.05, 0.1) is 5.75 Å². The highest BCUT2D eigenvalue weighted by molar-refractivity contribution is 8.00. The second kappa shape index (κ2) is 11.1. The van der Waals surface area contributed by atoms with E-state index in [1.807, 2.05) is 50.2 Å². The Hall–Kier alpha value is -1.98. The second-order valence-electron chi connectivity index (χ2n) is 6.72. The van der Waals surface area contributed by atoms with Crippen LogP contribution < -0.4 is 5.32 Å². The monoisotopic (exact) mass is 418 g/mol. The van der Waals surface area contributed by atoms with Crippen LogP contribution in [0.2, 0.25) is 5.02 Å². The molecule has 4 nitrogen and oxygen atoms in total. The number of carbonyl (C=O) groups excluding carboxylic acids is 2. The minimum atomic E-state index is -0.548. The maximum atomic E-state index is 13.0. The summed E-state index contributed by atoms with van der Waals surface area (Å²) in [5, 5.41) is 3.53. The zero-order chi connectivity index (χ0) is 20.5. The van der Waals surface area contributed by atoms with Crippen LogP contribution in [0.15, 0.2) is 53.4 Å². The SMILES string of the molecule is CCCNC(=O)C(C)N(Cc1ccc(Cl)cc1)C(=O)CSc1ccc(C)cc1. The lowest BCUT2D eigenvalue weighted by atomic mass is 10.1. The lowest BCUT2D eigenvalue weighted by Gasteiger charge is -2.28. The standard InChI is InChI=1S/C22H27ClN2O2S/c1-4-13-24-22(27)17(3)25(14-18-7-9-19(23)10-8-18)21(26)15-28-20-11-5-16(2)6-12-20/h5-12,17H,4,13-15H2,1-3H3,(H,24,27). The van der Waals surface area contributed by atoms with E-state index in [1.165, 1.54) is 17.3 Å². The molecule has 0 fully saturated rings. The average Bonchev–Trinajstić information content (AvgIpc) is 2.70. The zero-order valence-electron chi connectivity index (χ0n) is 16.6. The number of nitrogens with zero attached hydrogens (tertiary/aromatic N) is 1. The van der Waals surface area contributed by atoms with Crippen LogP contribution >= 0.6 is 23.4 Å². The van der Waals surface area contributed by atoms with Gasteiger partial charge >= 0.3 is 0 Å². The average molecular weight is 419 g/mol. The molecule has 0 saturated carbocycles. The molecule has 2 amide bonds. The summed E-state index contributed by atoms with van der Waals surface area (Å²) >= 11 is 7.44. The molecule has 6 heteroatoms. The van der Waals surface area contributed by atoms with Crippen LogP contribution in [0.4, 0.5) is 0 Å². The van der Waals surface area contributed by atoms with E-state index in [-0.39, 0.29) is 17.6 Å². The first-order valence-corrected chi connectivity index (χ1v) is 10.8. The largest absolute Gasteiger partial charge is 0.354 e. The van der Waals surface area contributed by atoms with Gasteiger partial charge in [0.15, 0.2) is 0 Å². The fourth-order valence-corrected chi connectivity index (χ4v) is 3.54. The minimum absolute atomic E-state index is 0.0697. The topological polar surface area (TPSA) is 49.4 Å². The fraction of sp³-hybridized carbons (Fsp3) is 0.364. The van der Waals surface area contributed by atoms with E-state index in [0.29, 0.717) is 18.1 Å². The molecule has 2 aromatic carbocycles. The minimum Gasteiger partial charge on any atom is -0.354 e. The van der Waals surface area contributed by atoms with Gasteiger partial charge in [0.2, 0.25) is 11.8 Å². The maximum absolute atomic E-state index is 13.0. The molecular formula is C22H27ClN2O2S. The van der Waals surface area contributed by atoms with Gasteiger partial charge in [0, 0.05) is 23.0 Å². The number of nitrogens with one attached hydrogen (secondary N) is 1. The number of hydrogen-bond acceptors (Lipinski definition) is 3. The number of hydrogen-bond donors (Lipinski definition) is 1. The molecule has 0 heterocycles. The number of thioether (sulfide) groups is 1. The third kappa shape index (κ3) is 6.88. The Morgan fingerprint density at radius 1 is 1.11 bits per heavy atom. The molecule has 150 valence electrons. The van der Waals surface area contributed by atoms with Gasteiger partial charge in [-0.2, -0.15) is 0 Å². The first kappa shape index (κ1) is 22.3. The molecule has 0 bridgehead atoms. The van der Waals surface area contributed by atoms with Crippen molar-refractivity contribution in [3.8, 4) is 0 Å². The van der Waals surface area contributed by atoms with Crippen LogP contribution in [-0.4, -0.2) is 35.1 Å². The van der Waals surface area contributed by atoms with Crippen LogP contribution in [0.25, 0.3) is 0 Å². The zero-order valence-corrected chi connectivity index (χ0v) is 18.1. The molecule has 2 aromatic rings. The predicted octanol–water partition coefficient (Wildman–Crippen LogP) is 4.68. The highest BCUT2D eigenvalue weighted by atomic mass is 35.5. The van der Waals surface area contributed by atoms with E-state index >= 15 is 0 Å². The Bertz CT molecular complexity index is 778. The molecule has 28 heavy (non-hydrogen) atoms. The van der Waals surface area contributed by atoms with Gasteiger partial charge in [-0.05, 0) is 50.1 Å². The first-order chi connectivity index (χ1) is 13.4. The third-order valence-electron chi connectivity index (χ3n) is 4.37. The van der Waals surface area contributed by atoms with Crippen molar-refractivity contribution >= 4 is 35.2 Å². The van der Waals surface area contributed by atoms with Crippen LogP contribution in [0.3, 0.4) is 0 Å². The molecule has 0 aliphatic heterocycles. The molecule has 1 unspecified atom stereocenters. The van der Waals surface area contributed by atoms with Crippen LogP contribution in [-0.2, 0) is 16.1 Å². The van der Waals surface area contributed by atoms with Crippen molar-refractivity contribution in [2.45, 2.75) is 44.7 Å². The summed E-state index contributed by atoms with van der Waals surface area (Å²) in [7, 11) is 0. The Morgan fingerprint density at radius 3 is 2.36 bits per heavy atom. The van der Waals surface area contributed by atoms with E-state index in [0.717, 1.165) is 16.9 Å². The molecule has 2 rings (SSSR count). The number of amides is 2. The van der Waals surface area contributed by atoms with Crippen molar-refractivity contribution in [3.63, 3.8) is 0 Å². The van der Waals surface area contributed by atoms with Crippen LogP contribution in [0.5, 0.6) is 0 Å². The van der Waals surface area contributed by atoms with Crippen molar-refractivity contribution in [1.82, 2.24) is 10.2 Å². The molecule has 1 atom stereocenters. The second-order valence-corrected chi connectivity index (χ2v) is 8.20. The highest BCUT2D eigenvalue weighted by Crippen LogP contribution is 2.20. The van der Waals surface area contributed by atoms with Crippen molar-refractivity contribution in [3.05, 3.63) is 64.7 Å². The van der Waals surface area contributed by atoms with Gasteiger partial charge in [-0.15, -0.1) is 11.8 Å². The third-order valence-corrected chi connectivity index (χ3v) is 5.61. The Labute approximate surface area is 176 Å². The first-order valence-electron chi connectivity index (χ1n) is 9.41. The number of halogens is 1. The maximum Gasteiger partial charge on any atom is 0.242 e. The van der Waals surface area contributed by atoms with E-state index in [2.05, 4.69) is 5.32 Å². The Balaban J connectivity index is 2.10. The number of aryl methyl sites for hydroxylation is 1. The molecule has 1 N–H and O–H groups in total. The molecule has 0 aliphatic rings.